The second-order valence-corrected chi connectivity index (χ2v) is 4.58. The number of carbonyl (C=O) groups is 1. The zero-order chi connectivity index (χ0) is 12.4. The Morgan fingerprint density at radius 3 is 2.88 bits per heavy atom. The minimum absolute atomic E-state index is 0.0771. The number of hydrogen-bond donors (Lipinski definition) is 1. The van der Waals surface area contributed by atoms with E-state index in [9.17, 15) is 9.18 Å². The number of halogens is 1. The molecule has 1 fully saturated rings. The molecule has 1 amide bonds. The fourth-order valence-electron chi connectivity index (χ4n) is 2.23. The highest BCUT2D eigenvalue weighted by Crippen LogP contribution is 2.20. The van der Waals surface area contributed by atoms with E-state index in [0.29, 0.717) is 5.56 Å². The minimum Gasteiger partial charge on any atom is -0.396 e. The molecule has 1 saturated heterocycles. The predicted molar refractivity (Wildman–Crippen MR) is 65.2 cm³/mol. The molecule has 1 aliphatic heterocycles. The Morgan fingerprint density at radius 2 is 2.24 bits per heavy atom. The third-order valence-corrected chi connectivity index (χ3v) is 3.31. The number of nitrogens with zero attached hydrogens (tertiary/aromatic N) is 1. The Labute approximate surface area is 100 Å². The minimum atomic E-state index is -0.527. The molecule has 0 aliphatic carbocycles. The maximum atomic E-state index is 13.3. The van der Waals surface area contributed by atoms with Crippen molar-refractivity contribution in [3.05, 3.63) is 29.6 Å². The molecule has 1 aromatic rings. The number of carbonyl (C=O) groups excluding carboxylic acids is 1. The maximum Gasteiger partial charge on any atom is 0.254 e. The summed E-state index contributed by atoms with van der Waals surface area (Å²) in [6.07, 6.45) is 3.19. The van der Waals surface area contributed by atoms with Gasteiger partial charge in [-0.25, -0.2) is 4.39 Å². The van der Waals surface area contributed by atoms with E-state index in [0.717, 1.165) is 25.8 Å². The zero-order valence-electron chi connectivity index (χ0n) is 9.95. The van der Waals surface area contributed by atoms with Gasteiger partial charge >= 0.3 is 0 Å². The van der Waals surface area contributed by atoms with Gasteiger partial charge in [0.25, 0.3) is 5.91 Å². The van der Waals surface area contributed by atoms with Crippen molar-refractivity contribution in [2.45, 2.75) is 32.2 Å². The van der Waals surface area contributed by atoms with Gasteiger partial charge in [-0.3, -0.25) is 4.79 Å². The van der Waals surface area contributed by atoms with Crippen LogP contribution in [0.4, 0.5) is 10.1 Å². The van der Waals surface area contributed by atoms with Crippen LogP contribution in [0.25, 0.3) is 0 Å². The average Bonchev–Trinajstić information content (AvgIpc) is 2.32. The monoisotopic (exact) mass is 236 g/mol. The Morgan fingerprint density at radius 1 is 1.47 bits per heavy atom. The van der Waals surface area contributed by atoms with E-state index in [1.807, 2.05) is 11.8 Å². The van der Waals surface area contributed by atoms with Crippen LogP contribution in [0.2, 0.25) is 0 Å². The van der Waals surface area contributed by atoms with Crippen molar-refractivity contribution in [1.29, 1.82) is 0 Å². The van der Waals surface area contributed by atoms with Gasteiger partial charge in [0.15, 0.2) is 0 Å². The van der Waals surface area contributed by atoms with Crippen LogP contribution in [0.3, 0.4) is 0 Å². The van der Waals surface area contributed by atoms with E-state index in [1.54, 1.807) is 6.07 Å². The fraction of sp³-hybridized carbons (Fsp3) is 0.462. The molecule has 1 aromatic carbocycles. The lowest BCUT2D eigenvalue weighted by molar-refractivity contribution is 0.0635. The molecular weight excluding hydrogens is 219 g/mol. The van der Waals surface area contributed by atoms with E-state index < -0.39 is 5.82 Å². The number of hydrogen-bond acceptors (Lipinski definition) is 2. The SMILES string of the molecule is CC1CCCCN1C(=O)c1ccc(N)c(F)c1. The second kappa shape index (κ2) is 4.73. The van der Waals surface area contributed by atoms with Crippen molar-refractivity contribution in [1.82, 2.24) is 4.90 Å². The molecule has 92 valence electrons. The number of piperidine rings is 1. The van der Waals surface area contributed by atoms with Crippen LogP contribution in [0.15, 0.2) is 18.2 Å². The van der Waals surface area contributed by atoms with E-state index in [4.69, 9.17) is 5.73 Å². The highest BCUT2D eigenvalue weighted by molar-refractivity contribution is 5.94. The third-order valence-electron chi connectivity index (χ3n) is 3.31. The van der Waals surface area contributed by atoms with Crippen molar-refractivity contribution in [3.8, 4) is 0 Å². The topological polar surface area (TPSA) is 46.3 Å². The first-order valence-electron chi connectivity index (χ1n) is 5.95. The summed E-state index contributed by atoms with van der Waals surface area (Å²) < 4.78 is 13.3. The Balaban J connectivity index is 2.21. The van der Waals surface area contributed by atoms with Crippen LogP contribution >= 0.6 is 0 Å². The number of rotatable bonds is 1. The standard InChI is InChI=1S/C13H17FN2O/c1-9-4-2-3-7-16(9)13(17)10-5-6-12(15)11(14)8-10/h5-6,8-9H,2-4,7,15H2,1H3. The molecule has 0 spiro atoms. The van der Waals surface area contributed by atoms with Gasteiger partial charge in [-0.2, -0.15) is 0 Å². The summed E-state index contributed by atoms with van der Waals surface area (Å²) >= 11 is 0. The lowest BCUT2D eigenvalue weighted by atomic mass is 10.0. The molecular formula is C13H17FN2O. The Hall–Kier alpha value is -1.58. The summed E-state index contributed by atoms with van der Waals surface area (Å²) in [6.45, 7) is 2.79. The predicted octanol–water partition coefficient (Wildman–Crippen LogP) is 2.42. The molecule has 2 rings (SSSR count). The molecule has 4 heteroatoms. The average molecular weight is 236 g/mol. The lowest BCUT2D eigenvalue weighted by Crippen LogP contribution is -2.42. The molecule has 0 saturated carbocycles. The van der Waals surface area contributed by atoms with E-state index in [-0.39, 0.29) is 17.6 Å². The molecule has 2 N–H and O–H groups in total. The first-order valence-corrected chi connectivity index (χ1v) is 5.95. The quantitative estimate of drug-likeness (QED) is 0.761. The van der Waals surface area contributed by atoms with Crippen LogP contribution in [-0.4, -0.2) is 23.4 Å². The first kappa shape index (κ1) is 11.9. The summed E-state index contributed by atoms with van der Waals surface area (Å²) in [5.74, 6) is -0.628. The lowest BCUT2D eigenvalue weighted by Gasteiger charge is -2.33. The van der Waals surface area contributed by atoms with Crippen LogP contribution < -0.4 is 5.73 Å². The van der Waals surface area contributed by atoms with Gasteiger partial charge in [-0.05, 0) is 44.4 Å². The number of anilines is 1. The van der Waals surface area contributed by atoms with Crippen LogP contribution in [0.1, 0.15) is 36.5 Å². The number of nitrogens with two attached hydrogens (primary N) is 1. The van der Waals surface area contributed by atoms with Crippen LogP contribution in [0.5, 0.6) is 0 Å². The molecule has 3 nitrogen and oxygen atoms in total. The van der Waals surface area contributed by atoms with Crippen LogP contribution in [-0.2, 0) is 0 Å². The zero-order valence-corrected chi connectivity index (χ0v) is 9.95. The summed E-state index contributed by atoms with van der Waals surface area (Å²) in [4.78, 5) is 14.0. The third kappa shape index (κ3) is 2.40. The molecule has 1 atom stereocenters. The van der Waals surface area contributed by atoms with Gasteiger partial charge in [0, 0.05) is 18.2 Å². The second-order valence-electron chi connectivity index (χ2n) is 4.58. The van der Waals surface area contributed by atoms with Gasteiger partial charge in [0.2, 0.25) is 0 Å². The highest BCUT2D eigenvalue weighted by Gasteiger charge is 2.24. The van der Waals surface area contributed by atoms with Crippen molar-refractivity contribution in [3.63, 3.8) is 0 Å². The number of likely N-dealkylation sites (tertiary alicyclic amines) is 1. The van der Waals surface area contributed by atoms with Crippen molar-refractivity contribution in [2.24, 2.45) is 0 Å². The van der Waals surface area contributed by atoms with E-state index in [2.05, 4.69) is 0 Å². The molecule has 0 radical (unpaired) electrons. The summed E-state index contributed by atoms with van der Waals surface area (Å²) in [7, 11) is 0. The Bertz CT molecular complexity index is 433. The summed E-state index contributed by atoms with van der Waals surface area (Å²) in [6, 6.07) is 4.48. The van der Waals surface area contributed by atoms with Gasteiger partial charge < -0.3 is 10.6 Å². The number of benzene rings is 1. The molecule has 17 heavy (non-hydrogen) atoms. The van der Waals surface area contributed by atoms with Gasteiger partial charge in [0.1, 0.15) is 5.82 Å². The molecule has 0 aromatic heterocycles. The Kier molecular flexibility index (Phi) is 3.31. The summed E-state index contributed by atoms with van der Waals surface area (Å²) in [5.41, 5.74) is 5.85. The van der Waals surface area contributed by atoms with Crippen molar-refractivity contribution in [2.75, 3.05) is 12.3 Å². The van der Waals surface area contributed by atoms with Crippen molar-refractivity contribution >= 4 is 11.6 Å². The molecule has 1 unspecified atom stereocenters. The fourth-order valence-corrected chi connectivity index (χ4v) is 2.23. The maximum absolute atomic E-state index is 13.3. The summed E-state index contributed by atoms with van der Waals surface area (Å²) in [5, 5.41) is 0. The van der Waals surface area contributed by atoms with Crippen molar-refractivity contribution < 1.29 is 9.18 Å². The molecule has 1 heterocycles. The van der Waals surface area contributed by atoms with E-state index in [1.165, 1.54) is 12.1 Å². The molecule has 1 aliphatic rings. The number of nitrogen functional groups attached to an aromatic ring is 1. The number of amides is 1. The normalized spacial score (nSPS) is 20.4. The van der Waals surface area contributed by atoms with Crippen LogP contribution in [0, 0.1) is 5.82 Å². The van der Waals surface area contributed by atoms with E-state index >= 15 is 0 Å². The van der Waals surface area contributed by atoms with Gasteiger partial charge in [-0.1, -0.05) is 0 Å². The highest BCUT2D eigenvalue weighted by atomic mass is 19.1. The largest absolute Gasteiger partial charge is 0.396 e. The van der Waals surface area contributed by atoms with Gasteiger partial charge in [0.05, 0.1) is 5.69 Å². The van der Waals surface area contributed by atoms with Gasteiger partial charge in [-0.15, -0.1) is 0 Å². The molecule has 0 bridgehead atoms. The smallest absolute Gasteiger partial charge is 0.254 e. The first-order chi connectivity index (χ1) is 8.09.